The molecule has 0 spiro atoms. The zero-order valence-corrected chi connectivity index (χ0v) is 15.7. The Bertz CT molecular complexity index is 996. The van der Waals surface area contributed by atoms with E-state index in [9.17, 15) is 4.79 Å². The van der Waals surface area contributed by atoms with Gasteiger partial charge in [-0.1, -0.05) is 17.7 Å². The second kappa shape index (κ2) is 7.25. The van der Waals surface area contributed by atoms with Gasteiger partial charge in [-0.25, -0.2) is 4.98 Å². The number of fused-ring (bicyclic) bond motifs is 1. The van der Waals surface area contributed by atoms with Gasteiger partial charge in [-0.2, -0.15) is 9.50 Å². The summed E-state index contributed by atoms with van der Waals surface area (Å²) in [4.78, 5) is 20.6. The summed E-state index contributed by atoms with van der Waals surface area (Å²) in [7, 11) is 1.60. The highest BCUT2D eigenvalue weighted by Crippen LogP contribution is 2.29. The van der Waals surface area contributed by atoms with Crippen LogP contribution >= 0.6 is 11.6 Å². The summed E-state index contributed by atoms with van der Waals surface area (Å²) in [6, 6.07) is 5.68. The Morgan fingerprint density at radius 1 is 1.31 bits per heavy atom. The van der Waals surface area contributed by atoms with Crippen LogP contribution in [0, 0.1) is 6.92 Å². The number of methoxy groups -OCH3 is 1. The monoisotopic (exact) mass is 377 g/mol. The van der Waals surface area contributed by atoms with Gasteiger partial charge in [0, 0.05) is 6.54 Å². The van der Waals surface area contributed by atoms with Gasteiger partial charge in [-0.3, -0.25) is 9.89 Å². The molecule has 0 aliphatic rings. The zero-order chi connectivity index (χ0) is 18.8. The average molecular weight is 378 g/mol. The van der Waals surface area contributed by atoms with E-state index in [1.54, 1.807) is 14.0 Å². The molecule has 138 valence electrons. The molecule has 0 unspecified atom stereocenters. The van der Waals surface area contributed by atoms with E-state index >= 15 is 0 Å². The molecule has 2 N–H and O–H groups in total. The molecular formula is C17H20ClN5O3. The molecule has 8 nitrogen and oxygen atoms in total. The lowest BCUT2D eigenvalue weighted by molar-refractivity contribution is 0.230. The van der Waals surface area contributed by atoms with Crippen LogP contribution in [0.4, 0.5) is 5.95 Å². The van der Waals surface area contributed by atoms with Crippen molar-refractivity contribution in [3.05, 3.63) is 44.8 Å². The number of hydrogen-bond donors (Lipinski definition) is 2. The number of aryl methyl sites for hydroxylation is 1. The van der Waals surface area contributed by atoms with Crippen LogP contribution in [0.15, 0.2) is 23.0 Å². The molecule has 1 aromatic carbocycles. The molecule has 26 heavy (non-hydrogen) atoms. The van der Waals surface area contributed by atoms with Crippen molar-refractivity contribution in [1.29, 1.82) is 0 Å². The summed E-state index contributed by atoms with van der Waals surface area (Å²) in [6.45, 7) is 6.05. The van der Waals surface area contributed by atoms with Gasteiger partial charge in [0.1, 0.15) is 5.02 Å². The molecule has 3 aromatic rings. The summed E-state index contributed by atoms with van der Waals surface area (Å²) < 4.78 is 12.3. The van der Waals surface area contributed by atoms with Crippen molar-refractivity contribution >= 4 is 23.3 Å². The molecule has 9 heteroatoms. The number of halogens is 1. The highest BCUT2D eigenvalue weighted by Gasteiger charge is 2.12. The first-order valence-corrected chi connectivity index (χ1v) is 8.49. The van der Waals surface area contributed by atoms with Gasteiger partial charge < -0.3 is 14.8 Å². The van der Waals surface area contributed by atoms with Gasteiger partial charge in [-0.05, 0) is 38.5 Å². The lowest BCUT2D eigenvalue weighted by Crippen LogP contribution is -2.17. The fourth-order valence-corrected chi connectivity index (χ4v) is 2.56. The van der Waals surface area contributed by atoms with Crippen LogP contribution in [-0.2, 0) is 6.54 Å². The number of benzene rings is 1. The Balaban J connectivity index is 1.80. The molecule has 0 atom stereocenters. The van der Waals surface area contributed by atoms with Crippen LogP contribution in [0.1, 0.15) is 25.1 Å². The van der Waals surface area contributed by atoms with Gasteiger partial charge in [0.25, 0.3) is 11.3 Å². The van der Waals surface area contributed by atoms with E-state index in [4.69, 9.17) is 21.1 Å². The largest absolute Gasteiger partial charge is 0.493 e. The SMILES string of the molecule is COc1cc(CNc2nc3nc(C)c(Cl)c(=O)n3[nH]2)ccc1OC(C)C. The lowest BCUT2D eigenvalue weighted by Gasteiger charge is -2.14. The summed E-state index contributed by atoms with van der Waals surface area (Å²) in [5, 5.41) is 6.04. The topological polar surface area (TPSA) is 93.5 Å². The van der Waals surface area contributed by atoms with E-state index in [1.807, 2.05) is 32.0 Å². The minimum absolute atomic E-state index is 0.0597. The van der Waals surface area contributed by atoms with Gasteiger partial charge >= 0.3 is 0 Å². The third kappa shape index (κ3) is 3.60. The van der Waals surface area contributed by atoms with Crippen LogP contribution in [0.2, 0.25) is 5.02 Å². The second-order valence-electron chi connectivity index (χ2n) is 6.03. The zero-order valence-electron chi connectivity index (χ0n) is 15.0. The van der Waals surface area contributed by atoms with Crippen molar-refractivity contribution in [2.24, 2.45) is 0 Å². The second-order valence-corrected chi connectivity index (χ2v) is 6.41. The normalized spacial score (nSPS) is 11.2. The molecule has 0 amide bonds. The number of anilines is 1. The molecule has 0 fully saturated rings. The van der Waals surface area contributed by atoms with E-state index in [2.05, 4.69) is 20.4 Å². The van der Waals surface area contributed by atoms with Crippen LogP contribution in [0.3, 0.4) is 0 Å². The molecule has 2 aromatic heterocycles. The van der Waals surface area contributed by atoms with Crippen molar-refractivity contribution < 1.29 is 9.47 Å². The number of aromatic nitrogens is 4. The van der Waals surface area contributed by atoms with Crippen LogP contribution in [0.25, 0.3) is 5.78 Å². The third-order valence-electron chi connectivity index (χ3n) is 3.66. The van der Waals surface area contributed by atoms with E-state index in [0.29, 0.717) is 29.7 Å². The van der Waals surface area contributed by atoms with Crippen molar-refractivity contribution in [2.75, 3.05) is 12.4 Å². The number of ether oxygens (including phenoxy) is 2. The predicted octanol–water partition coefficient (Wildman–Crippen LogP) is 2.79. The molecular weight excluding hydrogens is 358 g/mol. The Hall–Kier alpha value is -2.74. The Kier molecular flexibility index (Phi) is 5.03. The first-order valence-electron chi connectivity index (χ1n) is 8.11. The Morgan fingerprint density at radius 3 is 2.77 bits per heavy atom. The molecule has 0 bridgehead atoms. The lowest BCUT2D eigenvalue weighted by atomic mass is 10.2. The summed E-state index contributed by atoms with van der Waals surface area (Å²) in [6.07, 6.45) is 0.0597. The first-order chi connectivity index (χ1) is 12.4. The van der Waals surface area contributed by atoms with E-state index in [1.165, 1.54) is 4.52 Å². The third-order valence-corrected chi connectivity index (χ3v) is 4.09. The fourth-order valence-electron chi connectivity index (χ4n) is 2.44. The van der Waals surface area contributed by atoms with Gasteiger partial charge in [0.15, 0.2) is 11.5 Å². The number of H-pyrrole nitrogens is 1. The molecule has 0 radical (unpaired) electrons. The molecule has 0 saturated carbocycles. The summed E-state index contributed by atoms with van der Waals surface area (Å²) >= 11 is 5.93. The fraction of sp³-hybridized carbons (Fsp3) is 0.353. The predicted molar refractivity (Wildman–Crippen MR) is 99.4 cm³/mol. The molecule has 0 saturated heterocycles. The summed E-state index contributed by atoms with van der Waals surface area (Å²) in [5.74, 6) is 2.02. The number of aromatic amines is 1. The molecule has 3 rings (SSSR count). The number of nitrogens with one attached hydrogen (secondary N) is 2. The van der Waals surface area contributed by atoms with Crippen LogP contribution in [-0.4, -0.2) is 32.8 Å². The molecule has 2 heterocycles. The van der Waals surface area contributed by atoms with Crippen molar-refractivity contribution in [3.8, 4) is 11.5 Å². The van der Waals surface area contributed by atoms with Crippen molar-refractivity contribution in [2.45, 2.75) is 33.4 Å². The highest BCUT2D eigenvalue weighted by molar-refractivity contribution is 6.31. The number of nitrogens with zero attached hydrogens (tertiary/aromatic N) is 3. The number of rotatable bonds is 6. The Labute approximate surface area is 155 Å². The minimum Gasteiger partial charge on any atom is -0.493 e. The smallest absolute Gasteiger partial charge is 0.293 e. The van der Waals surface area contributed by atoms with Crippen molar-refractivity contribution in [3.63, 3.8) is 0 Å². The molecule has 0 aliphatic heterocycles. The maximum absolute atomic E-state index is 12.1. The number of hydrogen-bond acceptors (Lipinski definition) is 6. The quantitative estimate of drug-likeness (QED) is 0.686. The first kappa shape index (κ1) is 18.1. The van der Waals surface area contributed by atoms with E-state index < -0.39 is 0 Å². The highest BCUT2D eigenvalue weighted by atomic mass is 35.5. The Morgan fingerprint density at radius 2 is 2.08 bits per heavy atom. The van der Waals surface area contributed by atoms with Gasteiger partial charge in [0.2, 0.25) is 5.95 Å². The summed E-state index contributed by atoms with van der Waals surface area (Å²) in [5.41, 5.74) is 1.03. The maximum Gasteiger partial charge on any atom is 0.293 e. The molecule has 0 aliphatic carbocycles. The average Bonchev–Trinajstić information content (AvgIpc) is 3.01. The standard InChI is InChI=1S/C17H20ClN5O3/c1-9(2)26-12-6-5-11(7-13(12)25-4)8-19-16-21-17-20-10(3)14(18)15(24)23(17)22-16/h5-7,9H,8H2,1-4H3,(H2,19,20,21,22). The maximum atomic E-state index is 12.1. The van der Waals surface area contributed by atoms with Gasteiger partial charge in [-0.15, -0.1) is 0 Å². The van der Waals surface area contributed by atoms with Crippen LogP contribution in [0.5, 0.6) is 11.5 Å². The van der Waals surface area contributed by atoms with Gasteiger partial charge in [0.05, 0.1) is 18.9 Å². The van der Waals surface area contributed by atoms with E-state index in [0.717, 1.165) is 5.56 Å². The van der Waals surface area contributed by atoms with Crippen molar-refractivity contribution in [1.82, 2.24) is 19.6 Å². The van der Waals surface area contributed by atoms with E-state index in [-0.39, 0.29) is 22.5 Å². The van der Waals surface area contributed by atoms with Crippen LogP contribution < -0.4 is 20.3 Å². The minimum atomic E-state index is -0.383.